The number of rotatable bonds is 6. The number of nitrogens with zero attached hydrogens (tertiary/aromatic N) is 4. The molecule has 1 aromatic heterocycles. The molecule has 1 aliphatic heterocycles. The monoisotopic (exact) mass is 450 g/mol. The van der Waals surface area contributed by atoms with E-state index in [4.69, 9.17) is 21.1 Å². The van der Waals surface area contributed by atoms with Gasteiger partial charge in [-0.15, -0.1) is 0 Å². The summed E-state index contributed by atoms with van der Waals surface area (Å²) in [6.45, 7) is 4.39. The largest absolute Gasteiger partial charge is 0.490 e. The summed E-state index contributed by atoms with van der Waals surface area (Å²) < 4.78 is 39.8. The minimum Gasteiger partial charge on any atom is -0.490 e. The number of hydrogen-bond donors (Lipinski definition) is 1. The molecule has 0 atom stereocenters. The van der Waals surface area contributed by atoms with Gasteiger partial charge < -0.3 is 14.7 Å². The highest BCUT2D eigenvalue weighted by molar-refractivity contribution is 6.31. The van der Waals surface area contributed by atoms with Crippen molar-refractivity contribution in [3.05, 3.63) is 58.8 Å². The minimum absolute atomic E-state index is 0.0271. The van der Waals surface area contributed by atoms with Gasteiger partial charge in [0.25, 0.3) is 0 Å². The molecule has 164 valence electrons. The summed E-state index contributed by atoms with van der Waals surface area (Å²) in [5.41, 5.74) is 0.770. The van der Waals surface area contributed by atoms with E-state index < -0.39 is 11.6 Å². The van der Waals surface area contributed by atoms with Crippen LogP contribution in [0.4, 0.5) is 14.5 Å². The lowest BCUT2D eigenvalue weighted by Gasteiger charge is -2.26. The van der Waals surface area contributed by atoms with E-state index in [1.165, 1.54) is 30.3 Å². The second-order valence-electron chi connectivity index (χ2n) is 7.08. The zero-order valence-electron chi connectivity index (χ0n) is 16.6. The lowest BCUT2D eigenvalue weighted by molar-refractivity contribution is 0.0357. The molecule has 1 fully saturated rings. The number of morpholine rings is 1. The van der Waals surface area contributed by atoms with E-state index in [9.17, 15) is 14.0 Å². The third kappa shape index (κ3) is 5.12. The van der Waals surface area contributed by atoms with Gasteiger partial charge in [0.05, 0.1) is 36.0 Å². The fraction of sp³-hybridized carbons (Fsp3) is 0.333. The van der Waals surface area contributed by atoms with Crippen LogP contribution < -0.4 is 10.2 Å². The molecule has 0 bridgehead atoms. The lowest BCUT2D eigenvalue weighted by atomic mass is 10.2. The normalized spacial score (nSPS) is 15.5. The highest BCUT2D eigenvalue weighted by Gasteiger charge is 2.13. The first-order chi connectivity index (χ1) is 15.0. The molecule has 2 heterocycles. The summed E-state index contributed by atoms with van der Waals surface area (Å²) in [6, 6.07) is 6.56. The van der Waals surface area contributed by atoms with E-state index in [0.29, 0.717) is 12.3 Å². The highest BCUT2D eigenvalue weighted by atomic mass is 35.5. The lowest BCUT2D eigenvalue weighted by Crippen LogP contribution is -2.37. The number of halogens is 3. The van der Waals surface area contributed by atoms with Crippen molar-refractivity contribution >= 4 is 28.2 Å². The van der Waals surface area contributed by atoms with Crippen LogP contribution >= 0.6 is 11.6 Å². The third-order valence-corrected chi connectivity index (χ3v) is 5.24. The molecule has 1 saturated heterocycles. The standard InChI is InChI=1S/C21H21ClF2N4O3/c22-16-10-14(2-3-17(16)23)26-21-15-11-18(24)20(12-19(15)28(29)13-25-21)31-7-1-4-27-5-8-30-9-6-27/h2-3,10-13,29H,1,4-9H2. The number of benzene rings is 2. The summed E-state index contributed by atoms with van der Waals surface area (Å²) in [5.74, 6) is -1.14. The Bertz CT molecular complexity index is 1150. The first-order valence-corrected chi connectivity index (χ1v) is 10.2. The molecule has 1 N–H and O–H groups in total. The van der Waals surface area contributed by atoms with Gasteiger partial charge in [-0.2, -0.15) is 4.73 Å². The molecule has 2 aromatic carbocycles. The molecule has 0 radical (unpaired) electrons. The van der Waals surface area contributed by atoms with Crippen molar-refractivity contribution in [1.82, 2.24) is 14.6 Å². The van der Waals surface area contributed by atoms with Crippen LogP contribution in [-0.2, 0) is 4.74 Å². The van der Waals surface area contributed by atoms with E-state index in [0.717, 1.165) is 50.3 Å². The van der Waals surface area contributed by atoms with E-state index in [2.05, 4.69) is 14.9 Å². The van der Waals surface area contributed by atoms with Crippen molar-refractivity contribution in [2.75, 3.05) is 39.5 Å². The van der Waals surface area contributed by atoms with Crippen molar-refractivity contribution in [2.45, 2.75) is 6.42 Å². The quantitative estimate of drug-likeness (QED) is 0.459. The molecule has 3 aromatic rings. The predicted molar refractivity (Wildman–Crippen MR) is 111 cm³/mol. The Labute approximate surface area is 182 Å². The molecule has 10 heteroatoms. The zero-order valence-corrected chi connectivity index (χ0v) is 17.4. The predicted octanol–water partition coefficient (Wildman–Crippen LogP) is 3.54. The summed E-state index contributed by atoms with van der Waals surface area (Å²) in [4.78, 5) is 10.6. The first-order valence-electron chi connectivity index (χ1n) is 9.84. The van der Waals surface area contributed by atoms with Crippen LogP contribution in [0.3, 0.4) is 0 Å². The van der Waals surface area contributed by atoms with E-state index in [-0.39, 0.29) is 27.2 Å². The number of fused-ring (bicyclic) bond motifs is 1. The van der Waals surface area contributed by atoms with Crippen LogP contribution in [0, 0.1) is 11.6 Å². The smallest absolute Gasteiger partial charge is 0.165 e. The summed E-state index contributed by atoms with van der Waals surface area (Å²) in [5, 5.41) is 10.3. The van der Waals surface area contributed by atoms with Gasteiger partial charge in [-0.25, -0.2) is 18.8 Å². The second-order valence-corrected chi connectivity index (χ2v) is 7.49. The molecular formula is C21H21ClF2N4O3. The Morgan fingerprint density at radius 3 is 2.74 bits per heavy atom. The van der Waals surface area contributed by atoms with Crippen molar-refractivity contribution < 1.29 is 23.5 Å². The molecule has 0 saturated carbocycles. The Hall–Kier alpha value is -2.75. The summed E-state index contributed by atoms with van der Waals surface area (Å²) in [6.07, 6.45) is 1.88. The molecular weight excluding hydrogens is 430 g/mol. The Morgan fingerprint density at radius 2 is 1.97 bits per heavy atom. The van der Waals surface area contributed by atoms with Crippen LogP contribution in [-0.4, -0.2) is 59.3 Å². The Balaban J connectivity index is 1.56. The summed E-state index contributed by atoms with van der Waals surface area (Å²) >= 11 is 5.79. The maximum absolute atomic E-state index is 14.7. The van der Waals surface area contributed by atoms with Crippen LogP contribution in [0.2, 0.25) is 5.02 Å². The number of ether oxygens (including phenoxy) is 2. The molecule has 0 unspecified atom stereocenters. The van der Waals surface area contributed by atoms with Crippen LogP contribution in [0.15, 0.2) is 41.7 Å². The zero-order chi connectivity index (χ0) is 21.8. The van der Waals surface area contributed by atoms with E-state index >= 15 is 0 Å². The molecule has 7 nitrogen and oxygen atoms in total. The van der Waals surface area contributed by atoms with Gasteiger partial charge in [0.15, 0.2) is 17.1 Å². The third-order valence-electron chi connectivity index (χ3n) is 4.95. The topological polar surface area (TPSA) is 72.1 Å². The van der Waals surface area contributed by atoms with Crippen molar-refractivity contribution in [3.8, 4) is 5.75 Å². The highest BCUT2D eigenvalue weighted by Crippen LogP contribution is 2.24. The summed E-state index contributed by atoms with van der Waals surface area (Å²) in [7, 11) is 0. The van der Waals surface area contributed by atoms with Gasteiger partial charge in [0.1, 0.15) is 12.1 Å². The van der Waals surface area contributed by atoms with Crippen LogP contribution in [0.25, 0.3) is 10.9 Å². The minimum atomic E-state index is -0.597. The van der Waals surface area contributed by atoms with Gasteiger partial charge in [-0.05, 0) is 30.7 Å². The van der Waals surface area contributed by atoms with Gasteiger partial charge in [0.2, 0.25) is 0 Å². The van der Waals surface area contributed by atoms with E-state index in [1.54, 1.807) is 0 Å². The molecule has 0 amide bonds. The van der Waals surface area contributed by atoms with Crippen molar-refractivity contribution in [3.63, 3.8) is 0 Å². The number of aromatic nitrogens is 2. The average molecular weight is 451 g/mol. The van der Waals surface area contributed by atoms with Crippen LogP contribution in [0.1, 0.15) is 6.42 Å². The van der Waals surface area contributed by atoms with Crippen molar-refractivity contribution in [1.29, 1.82) is 0 Å². The Kier molecular flexibility index (Phi) is 6.64. The fourth-order valence-corrected chi connectivity index (χ4v) is 3.50. The van der Waals surface area contributed by atoms with Gasteiger partial charge in [-0.1, -0.05) is 11.6 Å². The molecule has 31 heavy (non-hydrogen) atoms. The fourth-order valence-electron chi connectivity index (χ4n) is 3.32. The molecule has 0 spiro atoms. The Morgan fingerprint density at radius 1 is 1.16 bits per heavy atom. The molecule has 4 rings (SSSR count). The SMILES string of the molecule is On1cnc(=Nc2ccc(F)c(Cl)c2)c2cc(F)c(OCCCN3CCOCC3)cc21. The molecule has 1 aliphatic rings. The van der Waals surface area contributed by atoms with E-state index in [1.807, 2.05) is 0 Å². The maximum atomic E-state index is 14.7. The van der Waals surface area contributed by atoms with Gasteiger partial charge >= 0.3 is 0 Å². The first kappa shape index (κ1) is 21.5. The molecule has 0 aliphatic carbocycles. The van der Waals surface area contributed by atoms with Gasteiger partial charge in [0, 0.05) is 31.1 Å². The average Bonchev–Trinajstić information content (AvgIpc) is 2.77. The maximum Gasteiger partial charge on any atom is 0.165 e. The van der Waals surface area contributed by atoms with Gasteiger partial charge in [-0.3, -0.25) is 4.90 Å². The van der Waals surface area contributed by atoms with Crippen molar-refractivity contribution in [2.24, 2.45) is 4.99 Å². The number of hydrogen-bond acceptors (Lipinski definition) is 6. The second kappa shape index (κ2) is 9.59. The van der Waals surface area contributed by atoms with Crippen LogP contribution in [0.5, 0.6) is 5.75 Å².